The van der Waals surface area contributed by atoms with Gasteiger partial charge in [0.25, 0.3) is 0 Å². The molecule has 3 nitrogen and oxygen atoms in total. The number of aryl methyl sites for hydroxylation is 1. The van der Waals surface area contributed by atoms with E-state index in [0.717, 1.165) is 51.1 Å². The number of aliphatic hydroxyl groups is 1. The van der Waals surface area contributed by atoms with Crippen molar-refractivity contribution in [2.24, 2.45) is 0 Å². The number of rotatable bonds is 7. The van der Waals surface area contributed by atoms with E-state index in [1.807, 2.05) is 26.0 Å². The summed E-state index contributed by atoms with van der Waals surface area (Å²) in [6.45, 7) is 7.01. The molecule has 140 valence electrons. The molecule has 0 unspecified atom stereocenters. The maximum absolute atomic E-state index is 9.92. The first kappa shape index (κ1) is 18.9. The molecule has 0 bridgehead atoms. The van der Waals surface area contributed by atoms with E-state index in [2.05, 4.69) is 35.2 Å². The zero-order valence-electron chi connectivity index (χ0n) is 16.3. The van der Waals surface area contributed by atoms with E-state index in [1.165, 1.54) is 22.3 Å². The predicted octanol–water partition coefficient (Wildman–Crippen LogP) is 4.00. The third-order valence-corrected chi connectivity index (χ3v) is 5.26. The van der Waals surface area contributed by atoms with Gasteiger partial charge in [0, 0.05) is 19.6 Å². The number of methoxy groups -OCH3 is 1. The van der Waals surface area contributed by atoms with E-state index < -0.39 is 5.60 Å². The Kier molecular flexibility index (Phi) is 6.00. The Hall–Kier alpha value is -1.84. The van der Waals surface area contributed by atoms with Crippen molar-refractivity contribution in [3.63, 3.8) is 0 Å². The van der Waals surface area contributed by atoms with Crippen molar-refractivity contribution in [3.05, 3.63) is 64.7 Å². The van der Waals surface area contributed by atoms with Crippen LogP contribution in [0, 0.1) is 0 Å². The van der Waals surface area contributed by atoms with Gasteiger partial charge in [-0.1, -0.05) is 30.3 Å². The van der Waals surface area contributed by atoms with E-state index in [0.29, 0.717) is 0 Å². The van der Waals surface area contributed by atoms with Gasteiger partial charge in [-0.15, -0.1) is 0 Å². The predicted molar refractivity (Wildman–Crippen MR) is 107 cm³/mol. The van der Waals surface area contributed by atoms with Gasteiger partial charge in [-0.25, -0.2) is 0 Å². The van der Waals surface area contributed by atoms with E-state index >= 15 is 0 Å². The number of fused-ring (bicyclic) bond motifs is 1. The van der Waals surface area contributed by atoms with Gasteiger partial charge in [0.15, 0.2) is 0 Å². The molecule has 0 radical (unpaired) electrons. The summed E-state index contributed by atoms with van der Waals surface area (Å²) in [6.07, 6.45) is 3.94. The molecular formula is C23H31NO2. The number of ether oxygens (including phenoxy) is 1. The summed E-state index contributed by atoms with van der Waals surface area (Å²) in [5, 5.41) is 9.92. The Morgan fingerprint density at radius 3 is 2.42 bits per heavy atom. The maximum Gasteiger partial charge on any atom is 0.118 e. The van der Waals surface area contributed by atoms with Gasteiger partial charge in [-0.2, -0.15) is 0 Å². The van der Waals surface area contributed by atoms with Crippen LogP contribution in [0.5, 0.6) is 5.75 Å². The van der Waals surface area contributed by atoms with Crippen LogP contribution in [-0.4, -0.2) is 35.8 Å². The quantitative estimate of drug-likeness (QED) is 0.817. The first-order valence-corrected chi connectivity index (χ1v) is 9.61. The van der Waals surface area contributed by atoms with Crippen LogP contribution < -0.4 is 4.74 Å². The van der Waals surface area contributed by atoms with Crippen molar-refractivity contribution in [2.75, 3.05) is 20.2 Å². The average Bonchev–Trinajstić information content (AvgIpc) is 2.64. The Labute approximate surface area is 157 Å². The van der Waals surface area contributed by atoms with E-state index in [1.54, 1.807) is 7.11 Å². The lowest BCUT2D eigenvalue weighted by molar-refractivity contribution is 0.0714. The summed E-state index contributed by atoms with van der Waals surface area (Å²) >= 11 is 0. The zero-order chi connectivity index (χ0) is 18.6. The minimum atomic E-state index is -0.589. The van der Waals surface area contributed by atoms with Crippen LogP contribution in [0.3, 0.4) is 0 Å². The van der Waals surface area contributed by atoms with Crippen LogP contribution in [0.1, 0.15) is 42.5 Å². The smallest absolute Gasteiger partial charge is 0.118 e. The molecule has 3 rings (SSSR count). The second kappa shape index (κ2) is 8.24. The van der Waals surface area contributed by atoms with Crippen LogP contribution in [0.4, 0.5) is 0 Å². The summed E-state index contributed by atoms with van der Waals surface area (Å²) in [6, 6.07) is 15.3. The Balaban J connectivity index is 1.54. The first-order valence-electron chi connectivity index (χ1n) is 9.61. The van der Waals surface area contributed by atoms with Gasteiger partial charge in [0.1, 0.15) is 5.75 Å². The molecule has 3 heteroatoms. The summed E-state index contributed by atoms with van der Waals surface area (Å²) in [5.74, 6) is 0.918. The van der Waals surface area contributed by atoms with Crippen molar-refractivity contribution in [1.82, 2.24) is 4.90 Å². The monoisotopic (exact) mass is 353 g/mol. The molecule has 1 aliphatic heterocycles. The average molecular weight is 354 g/mol. The van der Waals surface area contributed by atoms with Crippen LogP contribution >= 0.6 is 0 Å². The molecule has 0 saturated carbocycles. The van der Waals surface area contributed by atoms with Crippen LogP contribution in [0.25, 0.3) is 0 Å². The molecule has 2 aromatic rings. The number of nitrogens with zero attached hydrogens (tertiary/aromatic N) is 1. The maximum atomic E-state index is 9.92. The fourth-order valence-electron chi connectivity index (χ4n) is 3.54. The largest absolute Gasteiger partial charge is 0.497 e. The SMILES string of the molecule is COc1ccc(CCN2CCc3cc(CCC(C)(C)O)ccc3C2)cc1. The topological polar surface area (TPSA) is 32.7 Å². The Bertz CT molecular complexity index is 716. The highest BCUT2D eigenvalue weighted by atomic mass is 16.5. The van der Waals surface area contributed by atoms with Crippen LogP contribution in [0.15, 0.2) is 42.5 Å². The van der Waals surface area contributed by atoms with Gasteiger partial charge in [-0.05, 0) is 73.9 Å². The van der Waals surface area contributed by atoms with Gasteiger partial charge in [0.05, 0.1) is 12.7 Å². The molecule has 0 amide bonds. The minimum absolute atomic E-state index is 0.589. The third kappa shape index (κ3) is 5.33. The summed E-state index contributed by atoms with van der Waals surface area (Å²) in [7, 11) is 1.70. The molecule has 2 aromatic carbocycles. The summed E-state index contributed by atoms with van der Waals surface area (Å²) < 4.78 is 5.22. The first-order chi connectivity index (χ1) is 12.4. The van der Waals surface area contributed by atoms with Gasteiger partial charge in [-0.3, -0.25) is 4.90 Å². The summed E-state index contributed by atoms with van der Waals surface area (Å²) in [4.78, 5) is 2.54. The van der Waals surface area contributed by atoms with Crippen LogP contribution in [-0.2, 0) is 25.8 Å². The van der Waals surface area contributed by atoms with Gasteiger partial charge in [0.2, 0.25) is 0 Å². The van der Waals surface area contributed by atoms with E-state index in [9.17, 15) is 5.11 Å². The molecule has 1 aliphatic rings. The molecule has 1 heterocycles. The number of hydrogen-bond acceptors (Lipinski definition) is 3. The molecule has 0 aromatic heterocycles. The third-order valence-electron chi connectivity index (χ3n) is 5.26. The van der Waals surface area contributed by atoms with Gasteiger partial charge >= 0.3 is 0 Å². The molecule has 0 saturated heterocycles. The van der Waals surface area contributed by atoms with Crippen molar-refractivity contribution >= 4 is 0 Å². The molecule has 0 atom stereocenters. The second-order valence-electron chi connectivity index (χ2n) is 8.04. The van der Waals surface area contributed by atoms with Crippen molar-refractivity contribution in [3.8, 4) is 5.75 Å². The number of benzene rings is 2. The Morgan fingerprint density at radius 1 is 1.00 bits per heavy atom. The van der Waals surface area contributed by atoms with E-state index in [4.69, 9.17) is 4.74 Å². The zero-order valence-corrected chi connectivity index (χ0v) is 16.3. The molecule has 0 spiro atoms. The minimum Gasteiger partial charge on any atom is -0.497 e. The molecule has 26 heavy (non-hydrogen) atoms. The highest BCUT2D eigenvalue weighted by Crippen LogP contribution is 2.23. The lowest BCUT2D eigenvalue weighted by Gasteiger charge is -2.29. The molecule has 0 fully saturated rings. The fraction of sp³-hybridized carbons (Fsp3) is 0.478. The summed E-state index contributed by atoms with van der Waals surface area (Å²) in [5.41, 5.74) is 5.06. The van der Waals surface area contributed by atoms with Crippen molar-refractivity contribution in [1.29, 1.82) is 0 Å². The van der Waals surface area contributed by atoms with Crippen molar-refractivity contribution in [2.45, 2.75) is 51.7 Å². The highest BCUT2D eigenvalue weighted by Gasteiger charge is 2.17. The normalized spacial score (nSPS) is 14.9. The van der Waals surface area contributed by atoms with Crippen LogP contribution in [0.2, 0.25) is 0 Å². The highest BCUT2D eigenvalue weighted by molar-refractivity contribution is 5.34. The molecule has 0 aliphatic carbocycles. The number of hydrogen-bond donors (Lipinski definition) is 1. The standard InChI is InChI=1S/C23H31NO2/c1-23(2,25)13-10-19-4-7-21-17-24(15-12-20(21)16-19)14-11-18-5-8-22(26-3)9-6-18/h4-9,16,25H,10-15,17H2,1-3H3. The Morgan fingerprint density at radius 2 is 1.73 bits per heavy atom. The van der Waals surface area contributed by atoms with E-state index in [-0.39, 0.29) is 0 Å². The lowest BCUT2D eigenvalue weighted by atomic mass is 9.93. The van der Waals surface area contributed by atoms with Gasteiger partial charge < -0.3 is 9.84 Å². The fourth-order valence-corrected chi connectivity index (χ4v) is 3.54. The second-order valence-corrected chi connectivity index (χ2v) is 8.04. The van der Waals surface area contributed by atoms with Crippen molar-refractivity contribution < 1.29 is 9.84 Å². The lowest BCUT2D eigenvalue weighted by Crippen LogP contribution is -2.32. The molecule has 1 N–H and O–H groups in total. The molecular weight excluding hydrogens is 322 g/mol.